The number of rotatable bonds is 5. The van der Waals surface area contributed by atoms with Gasteiger partial charge in [-0.05, 0) is 73.7 Å². The second-order valence-electron chi connectivity index (χ2n) is 10.0. The minimum Gasteiger partial charge on any atom is -0.399 e. The maximum absolute atomic E-state index is 12.2. The largest absolute Gasteiger partial charge is 0.399 e. The van der Waals surface area contributed by atoms with Gasteiger partial charge in [0.25, 0.3) is 0 Å². The highest BCUT2D eigenvalue weighted by Crippen LogP contribution is 2.30. The number of aryl methyl sites for hydroxylation is 1. The van der Waals surface area contributed by atoms with Crippen molar-refractivity contribution in [3.05, 3.63) is 48.0 Å². The van der Waals surface area contributed by atoms with E-state index in [1.54, 1.807) is 4.90 Å². The molecule has 2 aromatic rings. The van der Waals surface area contributed by atoms with Gasteiger partial charge in [-0.2, -0.15) is 0 Å². The highest BCUT2D eigenvalue weighted by Gasteiger charge is 2.27. The van der Waals surface area contributed by atoms with E-state index in [0.717, 1.165) is 62.1 Å². The Morgan fingerprint density at radius 1 is 0.857 bits per heavy atom. The zero-order chi connectivity index (χ0) is 24.4. The molecule has 3 N–H and O–H groups in total. The number of hydrogen-bond acceptors (Lipinski definition) is 6. The highest BCUT2D eigenvalue weighted by molar-refractivity contribution is 6.06. The molecule has 3 fully saturated rings. The summed E-state index contributed by atoms with van der Waals surface area (Å²) in [6, 6.07) is 14.2. The summed E-state index contributed by atoms with van der Waals surface area (Å²) in [4.78, 5) is 32.9. The molecule has 0 unspecified atom stereocenters. The highest BCUT2D eigenvalue weighted by atomic mass is 16.2. The average Bonchev–Trinajstić information content (AvgIpc) is 2.86. The van der Waals surface area contributed by atoms with E-state index in [0.29, 0.717) is 13.0 Å². The van der Waals surface area contributed by atoms with Crippen molar-refractivity contribution in [3.63, 3.8) is 0 Å². The first-order chi connectivity index (χ1) is 17.0. The number of nitrogen functional groups attached to an aromatic ring is 1. The van der Waals surface area contributed by atoms with Gasteiger partial charge in [-0.25, -0.2) is 4.79 Å². The van der Waals surface area contributed by atoms with E-state index in [2.05, 4.69) is 44.3 Å². The van der Waals surface area contributed by atoms with Crippen LogP contribution in [-0.4, -0.2) is 69.2 Å². The number of benzene rings is 2. The Hall–Kier alpha value is -3.26. The smallest absolute Gasteiger partial charge is 0.328 e. The van der Waals surface area contributed by atoms with Crippen molar-refractivity contribution in [3.8, 4) is 0 Å². The third-order valence-electron chi connectivity index (χ3n) is 7.65. The molecule has 35 heavy (non-hydrogen) atoms. The van der Waals surface area contributed by atoms with Crippen molar-refractivity contribution in [2.75, 3.05) is 72.8 Å². The van der Waals surface area contributed by atoms with Gasteiger partial charge in [0, 0.05) is 81.5 Å². The van der Waals surface area contributed by atoms with Crippen LogP contribution in [0.3, 0.4) is 0 Å². The van der Waals surface area contributed by atoms with E-state index in [-0.39, 0.29) is 11.9 Å². The molecule has 5 rings (SSSR count). The maximum Gasteiger partial charge on any atom is 0.328 e. The summed E-state index contributed by atoms with van der Waals surface area (Å²) in [5, 5.41) is 2.41. The molecule has 186 valence electrons. The first-order valence-corrected chi connectivity index (χ1v) is 12.8. The number of amides is 3. The number of urea groups is 1. The molecule has 3 heterocycles. The van der Waals surface area contributed by atoms with E-state index in [1.165, 1.54) is 30.8 Å². The second-order valence-corrected chi connectivity index (χ2v) is 10.0. The molecule has 0 atom stereocenters. The van der Waals surface area contributed by atoms with Crippen LogP contribution in [0.25, 0.3) is 0 Å². The first kappa shape index (κ1) is 23.5. The van der Waals surface area contributed by atoms with Gasteiger partial charge in [-0.1, -0.05) is 0 Å². The predicted molar refractivity (Wildman–Crippen MR) is 141 cm³/mol. The second kappa shape index (κ2) is 10.2. The number of nitrogens with one attached hydrogen (secondary N) is 1. The van der Waals surface area contributed by atoms with Crippen molar-refractivity contribution in [2.45, 2.75) is 26.2 Å². The minimum atomic E-state index is -0.327. The summed E-state index contributed by atoms with van der Waals surface area (Å²) in [6.45, 7) is 10.1. The predicted octanol–water partition coefficient (Wildman–Crippen LogP) is 3.06. The summed E-state index contributed by atoms with van der Waals surface area (Å²) in [7, 11) is 0. The molecule has 0 spiro atoms. The Bertz CT molecular complexity index is 1060. The summed E-state index contributed by atoms with van der Waals surface area (Å²) in [6.07, 6.45) is 2.75. The molecular formula is C27H36N6O2. The molecule has 3 aliphatic rings. The quantitative estimate of drug-likeness (QED) is 0.646. The van der Waals surface area contributed by atoms with Crippen molar-refractivity contribution in [1.82, 2.24) is 10.2 Å². The van der Waals surface area contributed by atoms with Gasteiger partial charge >= 0.3 is 6.03 Å². The lowest BCUT2D eigenvalue weighted by Crippen LogP contribution is -2.49. The summed E-state index contributed by atoms with van der Waals surface area (Å²) in [5.41, 5.74) is 11.1. The van der Waals surface area contributed by atoms with Crippen molar-refractivity contribution in [2.24, 2.45) is 5.92 Å². The summed E-state index contributed by atoms with van der Waals surface area (Å²) < 4.78 is 0. The Morgan fingerprint density at radius 3 is 2.17 bits per heavy atom. The molecule has 3 saturated heterocycles. The molecule has 0 aromatic heterocycles. The lowest BCUT2D eigenvalue weighted by Gasteiger charge is -2.40. The molecule has 2 aromatic carbocycles. The number of nitrogens with two attached hydrogens (primary N) is 1. The minimum absolute atomic E-state index is 0.202. The topological polar surface area (TPSA) is 85.2 Å². The molecule has 3 amide bonds. The fourth-order valence-electron chi connectivity index (χ4n) is 5.55. The van der Waals surface area contributed by atoms with Crippen LogP contribution >= 0.6 is 0 Å². The van der Waals surface area contributed by atoms with E-state index in [1.807, 2.05) is 25.1 Å². The molecular weight excluding hydrogens is 440 g/mol. The van der Waals surface area contributed by atoms with Crippen LogP contribution in [0, 0.1) is 12.8 Å². The normalized spacial score (nSPS) is 20.3. The van der Waals surface area contributed by atoms with Crippen molar-refractivity contribution >= 4 is 34.7 Å². The number of anilines is 4. The zero-order valence-corrected chi connectivity index (χ0v) is 20.6. The standard InChI is InChI=1S/C27H36N6O2/c1-20-18-24(6-7-25(20)33-13-10-26(34)29-27(33)35)31-11-8-21(9-12-31)19-30-14-16-32(17-15-30)23-4-2-22(28)3-5-23/h2-7,18,21H,8-17,19,28H2,1H3,(H,29,34,35). The van der Waals surface area contributed by atoms with Crippen LogP contribution in [0.2, 0.25) is 0 Å². The number of piperidine rings is 1. The Kier molecular flexibility index (Phi) is 6.81. The number of carbonyl (C=O) groups excluding carboxylic acids is 2. The Labute approximate surface area is 207 Å². The zero-order valence-electron chi connectivity index (χ0n) is 20.6. The van der Waals surface area contributed by atoms with Crippen molar-refractivity contribution in [1.29, 1.82) is 0 Å². The number of piperazine rings is 1. The van der Waals surface area contributed by atoms with E-state index >= 15 is 0 Å². The van der Waals surface area contributed by atoms with E-state index in [4.69, 9.17) is 5.73 Å². The number of hydrogen-bond donors (Lipinski definition) is 2. The first-order valence-electron chi connectivity index (χ1n) is 12.8. The van der Waals surface area contributed by atoms with Gasteiger partial charge in [-0.3, -0.25) is 19.9 Å². The molecule has 0 aliphatic carbocycles. The van der Waals surface area contributed by atoms with Crippen molar-refractivity contribution < 1.29 is 9.59 Å². The van der Waals surface area contributed by atoms with Crippen LogP contribution in [0.5, 0.6) is 0 Å². The SMILES string of the molecule is Cc1cc(N2CCC(CN3CCN(c4ccc(N)cc4)CC3)CC2)ccc1N1CCC(=O)NC1=O. The number of imide groups is 1. The van der Waals surface area contributed by atoms with Crippen LogP contribution in [0.1, 0.15) is 24.8 Å². The van der Waals surface area contributed by atoms with Gasteiger partial charge in [0.05, 0.1) is 0 Å². The third kappa shape index (κ3) is 5.37. The average molecular weight is 477 g/mol. The fourth-order valence-corrected chi connectivity index (χ4v) is 5.55. The molecule has 0 bridgehead atoms. The molecule has 0 saturated carbocycles. The molecule has 8 nitrogen and oxygen atoms in total. The number of carbonyl (C=O) groups is 2. The lowest BCUT2D eigenvalue weighted by molar-refractivity contribution is -0.120. The van der Waals surface area contributed by atoms with Crippen LogP contribution < -0.4 is 25.8 Å². The van der Waals surface area contributed by atoms with Crippen LogP contribution in [0.15, 0.2) is 42.5 Å². The molecule has 8 heteroatoms. The van der Waals surface area contributed by atoms with Crippen LogP contribution in [0.4, 0.5) is 27.5 Å². The van der Waals surface area contributed by atoms with Gasteiger partial charge in [-0.15, -0.1) is 0 Å². The monoisotopic (exact) mass is 476 g/mol. The lowest BCUT2D eigenvalue weighted by atomic mass is 9.95. The summed E-state index contributed by atoms with van der Waals surface area (Å²) >= 11 is 0. The summed E-state index contributed by atoms with van der Waals surface area (Å²) in [5.74, 6) is 0.538. The molecule has 0 radical (unpaired) electrons. The number of nitrogens with zero attached hydrogens (tertiary/aromatic N) is 4. The van der Waals surface area contributed by atoms with Gasteiger partial charge in [0.1, 0.15) is 0 Å². The van der Waals surface area contributed by atoms with Gasteiger partial charge in [0.15, 0.2) is 0 Å². The van der Waals surface area contributed by atoms with Gasteiger partial charge < -0.3 is 15.5 Å². The van der Waals surface area contributed by atoms with Crippen LogP contribution in [-0.2, 0) is 4.79 Å². The third-order valence-corrected chi connectivity index (χ3v) is 7.65. The van der Waals surface area contributed by atoms with E-state index < -0.39 is 0 Å². The molecule has 3 aliphatic heterocycles. The van der Waals surface area contributed by atoms with E-state index in [9.17, 15) is 9.59 Å². The Balaban J connectivity index is 1.10. The van der Waals surface area contributed by atoms with Gasteiger partial charge in [0.2, 0.25) is 5.91 Å². The Morgan fingerprint density at radius 2 is 1.51 bits per heavy atom. The maximum atomic E-state index is 12.2. The fraction of sp³-hybridized carbons (Fsp3) is 0.481.